The zero-order valence-electron chi connectivity index (χ0n) is 9.98. The maximum Gasteiger partial charge on any atom is 0.295 e. The molecule has 0 aliphatic carbocycles. The van der Waals surface area contributed by atoms with Crippen molar-refractivity contribution in [3.8, 4) is 0 Å². The van der Waals surface area contributed by atoms with Crippen molar-refractivity contribution >= 4 is 11.4 Å². The summed E-state index contributed by atoms with van der Waals surface area (Å²) in [5.41, 5.74) is -1.03. The van der Waals surface area contributed by atoms with Crippen molar-refractivity contribution in [2.24, 2.45) is 5.92 Å². The molecule has 2 unspecified atom stereocenters. The molecule has 0 radical (unpaired) electrons. The van der Waals surface area contributed by atoms with Crippen LogP contribution >= 0.6 is 0 Å². The Morgan fingerprint density at radius 2 is 2.06 bits per heavy atom. The van der Waals surface area contributed by atoms with Gasteiger partial charge in [0.05, 0.1) is 4.92 Å². The molecule has 0 aliphatic heterocycles. The normalized spacial score (nSPS) is 14.1. The van der Waals surface area contributed by atoms with Crippen LogP contribution in [0.4, 0.5) is 20.2 Å². The molecule has 0 amide bonds. The van der Waals surface area contributed by atoms with E-state index in [0.717, 1.165) is 6.07 Å². The van der Waals surface area contributed by atoms with E-state index in [9.17, 15) is 18.9 Å². The summed E-state index contributed by atoms with van der Waals surface area (Å²) < 4.78 is 26.6. The van der Waals surface area contributed by atoms with Gasteiger partial charge in [-0.25, -0.2) is 8.78 Å². The third-order valence-electron chi connectivity index (χ3n) is 2.78. The molecule has 0 spiro atoms. The Hall–Kier alpha value is -1.76. The molecule has 0 saturated heterocycles. The number of anilines is 1. The molecule has 1 aromatic carbocycles. The van der Waals surface area contributed by atoms with Gasteiger partial charge in [0.15, 0.2) is 17.3 Å². The molecule has 100 valence electrons. The van der Waals surface area contributed by atoms with Crippen LogP contribution in [0.25, 0.3) is 0 Å². The number of aliphatic hydroxyl groups is 1. The van der Waals surface area contributed by atoms with Gasteiger partial charge in [-0.3, -0.25) is 10.1 Å². The second-order valence-electron chi connectivity index (χ2n) is 4.11. The Morgan fingerprint density at radius 1 is 1.44 bits per heavy atom. The van der Waals surface area contributed by atoms with Gasteiger partial charge in [0, 0.05) is 18.7 Å². The van der Waals surface area contributed by atoms with Gasteiger partial charge in [0.1, 0.15) is 0 Å². The Labute approximate surface area is 103 Å². The maximum atomic E-state index is 13.5. The van der Waals surface area contributed by atoms with Gasteiger partial charge < -0.3 is 10.4 Å². The van der Waals surface area contributed by atoms with E-state index in [0.29, 0.717) is 6.07 Å². The molecule has 5 nitrogen and oxygen atoms in total. The Bertz CT molecular complexity index is 454. The van der Waals surface area contributed by atoms with E-state index in [-0.39, 0.29) is 12.5 Å². The first-order chi connectivity index (χ1) is 8.38. The molecule has 0 fully saturated rings. The third-order valence-corrected chi connectivity index (χ3v) is 2.78. The fraction of sp³-hybridized carbons (Fsp3) is 0.455. The van der Waals surface area contributed by atoms with Crippen LogP contribution in [0.5, 0.6) is 0 Å². The van der Waals surface area contributed by atoms with Gasteiger partial charge in [0.2, 0.25) is 0 Å². The molecule has 7 heteroatoms. The number of nitro benzene ring substituents is 1. The highest BCUT2D eigenvalue weighted by atomic mass is 19.2. The van der Waals surface area contributed by atoms with Gasteiger partial charge in [0.25, 0.3) is 5.69 Å². The van der Waals surface area contributed by atoms with Crippen molar-refractivity contribution in [3.63, 3.8) is 0 Å². The van der Waals surface area contributed by atoms with Crippen molar-refractivity contribution in [2.75, 3.05) is 11.9 Å². The monoisotopic (exact) mass is 260 g/mol. The van der Waals surface area contributed by atoms with Gasteiger partial charge in [-0.15, -0.1) is 0 Å². The van der Waals surface area contributed by atoms with E-state index in [1.54, 1.807) is 13.8 Å². The van der Waals surface area contributed by atoms with E-state index in [1.165, 1.54) is 0 Å². The minimum atomic E-state index is -1.29. The van der Waals surface area contributed by atoms with Crippen LogP contribution in [0.15, 0.2) is 12.1 Å². The first-order valence-corrected chi connectivity index (χ1v) is 5.38. The number of halogens is 2. The molecule has 1 rings (SSSR count). The van der Waals surface area contributed by atoms with Crippen molar-refractivity contribution in [2.45, 2.75) is 19.9 Å². The molecule has 0 heterocycles. The fourth-order valence-electron chi connectivity index (χ4n) is 1.36. The Kier molecular flexibility index (Phi) is 4.55. The van der Waals surface area contributed by atoms with E-state index in [4.69, 9.17) is 5.11 Å². The maximum absolute atomic E-state index is 13.5. The lowest BCUT2D eigenvalue weighted by Gasteiger charge is -2.20. The van der Waals surface area contributed by atoms with Gasteiger partial charge >= 0.3 is 0 Å². The van der Waals surface area contributed by atoms with Crippen LogP contribution in [0.3, 0.4) is 0 Å². The topological polar surface area (TPSA) is 75.4 Å². The second-order valence-corrected chi connectivity index (χ2v) is 4.11. The molecule has 0 aromatic heterocycles. The summed E-state index contributed by atoms with van der Waals surface area (Å²) in [6, 6.07) is 1.17. The van der Waals surface area contributed by atoms with Crippen LogP contribution in [0, 0.1) is 27.7 Å². The standard InChI is InChI=1S/C11H14F2N2O3/c1-6(5-16)7(2)14-11-9(15(17)18)4-3-8(12)10(11)13/h3-4,6-7,14,16H,5H2,1-2H3. The highest BCUT2D eigenvalue weighted by Gasteiger charge is 2.24. The summed E-state index contributed by atoms with van der Waals surface area (Å²) in [5.74, 6) is -2.71. The van der Waals surface area contributed by atoms with E-state index >= 15 is 0 Å². The molecule has 0 saturated carbocycles. The average molecular weight is 260 g/mol. The lowest BCUT2D eigenvalue weighted by molar-refractivity contribution is -0.384. The average Bonchev–Trinajstić information content (AvgIpc) is 2.33. The van der Waals surface area contributed by atoms with Crippen LogP contribution in [-0.2, 0) is 0 Å². The lowest BCUT2D eigenvalue weighted by Crippen LogP contribution is -2.27. The first-order valence-electron chi connectivity index (χ1n) is 5.38. The van der Waals surface area contributed by atoms with Gasteiger partial charge in [-0.1, -0.05) is 6.92 Å². The second kappa shape index (κ2) is 5.72. The summed E-state index contributed by atoms with van der Waals surface area (Å²) in [5, 5.41) is 22.2. The SMILES string of the molecule is CC(CO)C(C)Nc1c([N+](=O)[O-])ccc(F)c1F. The molecule has 2 N–H and O–H groups in total. The summed E-state index contributed by atoms with van der Waals surface area (Å²) in [4.78, 5) is 9.94. The number of nitrogens with one attached hydrogen (secondary N) is 1. The third kappa shape index (κ3) is 2.92. The largest absolute Gasteiger partial charge is 0.396 e. The number of hydrogen-bond acceptors (Lipinski definition) is 4. The smallest absolute Gasteiger partial charge is 0.295 e. The summed E-state index contributed by atoms with van der Waals surface area (Å²) in [7, 11) is 0. The number of hydrogen-bond donors (Lipinski definition) is 2. The Balaban J connectivity index is 3.13. The molecule has 1 aromatic rings. The summed E-state index contributed by atoms with van der Waals surface area (Å²) in [6.45, 7) is 3.13. The first kappa shape index (κ1) is 14.3. The number of nitrogens with zero attached hydrogens (tertiary/aromatic N) is 1. The predicted octanol–water partition coefficient (Wildman–Crippen LogP) is 2.30. The van der Waals surface area contributed by atoms with Crippen molar-refractivity contribution in [1.82, 2.24) is 0 Å². The number of aliphatic hydroxyl groups excluding tert-OH is 1. The molecular formula is C11H14F2N2O3. The lowest BCUT2D eigenvalue weighted by atomic mass is 10.0. The summed E-state index contributed by atoms with van der Waals surface area (Å²) in [6.07, 6.45) is 0. The molecule has 18 heavy (non-hydrogen) atoms. The quantitative estimate of drug-likeness (QED) is 0.629. The van der Waals surface area contributed by atoms with Crippen molar-refractivity contribution in [1.29, 1.82) is 0 Å². The highest BCUT2D eigenvalue weighted by Crippen LogP contribution is 2.30. The predicted molar refractivity (Wildman–Crippen MR) is 62.3 cm³/mol. The van der Waals surface area contributed by atoms with Crippen LogP contribution in [0.2, 0.25) is 0 Å². The number of benzene rings is 1. The van der Waals surface area contributed by atoms with Crippen LogP contribution in [0.1, 0.15) is 13.8 Å². The van der Waals surface area contributed by atoms with Gasteiger partial charge in [-0.05, 0) is 18.9 Å². The van der Waals surface area contributed by atoms with E-state index < -0.39 is 34.0 Å². The van der Waals surface area contributed by atoms with E-state index in [2.05, 4.69) is 5.32 Å². The van der Waals surface area contributed by atoms with Crippen LogP contribution < -0.4 is 5.32 Å². The Morgan fingerprint density at radius 3 is 2.56 bits per heavy atom. The number of nitro groups is 1. The molecule has 2 atom stereocenters. The highest BCUT2D eigenvalue weighted by molar-refractivity contribution is 5.63. The summed E-state index contributed by atoms with van der Waals surface area (Å²) >= 11 is 0. The molecule has 0 bridgehead atoms. The molecular weight excluding hydrogens is 246 g/mol. The zero-order chi connectivity index (χ0) is 13.9. The van der Waals surface area contributed by atoms with Crippen molar-refractivity contribution in [3.05, 3.63) is 33.9 Å². The minimum absolute atomic E-state index is 0.168. The van der Waals surface area contributed by atoms with Crippen molar-refractivity contribution < 1.29 is 18.8 Å². The zero-order valence-corrected chi connectivity index (χ0v) is 9.98. The van der Waals surface area contributed by atoms with E-state index in [1.807, 2.05) is 0 Å². The minimum Gasteiger partial charge on any atom is -0.396 e. The van der Waals surface area contributed by atoms with Crippen LogP contribution in [-0.4, -0.2) is 22.7 Å². The fourth-order valence-corrected chi connectivity index (χ4v) is 1.36. The number of rotatable bonds is 5. The molecule has 0 aliphatic rings. The van der Waals surface area contributed by atoms with Gasteiger partial charge in [-0.2, -0.15) is 0 Å².